The van der Waals surface area contributed by atoms with Gasteiger partial charge in [-0.05, 0) is 19.3 Å². The number of ether oxygens (including phenoxy) is 1. The minimum atomic E-state index is -0.242. The minimum absolute atomic E-state index is 0.131. The van der Waals surface area contributed by atoms with Gasteiger partial charge in [-0.3, -0.25) is 4.79 Å². The molecule has 0 radical (unpaired) electrons. The van der Waals surface area contributed by atoms with E-state index in [1.54, 1.807) is 0 Å². The number of aliphatic hydroxyl groups is 1. The van der Waals surface area contributed by atoms with Crippen molar-refractivity contribution in [2.45, 2.75) is 43.8 Å². The molecular weight excluding hydrogens is 242 g/mol. The molecule has 1 spiro atoms. The highest BCUT2D eigenvalue weighted by molar-refractivity contribution is 6.18. The molecule has 2 aliphatic heterocycles. The SMILES string of the molecule is O=C(CCCl)N1CCC2(CC1)CC(O)CCO2. The molecule has 0 aromatic heterocycles. The number of nitrogens with zero attached hydrogens (tertiary/aromatic N) is 1. The summed E-state index contributed by atoms with van der Waals surface area (Å²) >= 11 is 5.57. The smallest absolute Gasteiger partial charge is 0.223 e. The second-order valence-electron chi connectivity index (χ2n) is 5.00. The molecule has 1 unspecified atom stereocenters. The maximum Gasteiger partial charge on any atom is 0.223 e. The second-order valence-corrected chi connectivity index (χ2v) is 5.38. The monoisotopic (exact) mass is 261 g/mol. The summed E-state index contributed by atoms with van der Waals surface area (Å²) in [6.45, 7) is 2.08. The van der Waals surface area contributed by atoms with E-state index in [2.05, 4.69) is 0 Å². The van der Waals surface area contributed by atoms with Crippen molar-refractivity contribution < 1.29 is 14.6 Å². The van der Waals surface area contributed by atoms with Crippen LogP contribution in [0.2, 0.25) is 0 Å². The number of carbonyl (C=O) groups excluding carboxylic acids is 1. The van der Waals surface area contributed by atoms with E-state index in [9.17, 15) is 9.90 Å². The van der Waals surface area contributed by atoms with Crippen molar-refractivity contribution in [1.29, 1.82) is 0 Å². The van der Waals surface area contributed by atoms with Crippen molar-refractivity contribution in [3.05, 3.63) is 0 Å². The quantitative estimate of drug-likeness (QED) is 0.759. The molecule has 1 atom stereocenters. The zero-order valence-electron chi connectivity index (χ0n) is 10.0. The molecular formula is C12H20ClNO3. The molecule has 4 nitrogen and oxygen atoms in total. The molecule has 2 fully saturated rings. The van der Waals surface area contributed by atoms with Crippen molar-refractivity contribution >= 4 is 17.5 Å². The maximum absolute atomic E-state index is 11.7. The lowest BCUT2D eigenvalue weighted by molar-refractivity contribution is -0.153. The van der Waals surface area contributed by atoms with E-state index in [1.807, 2.05) is 4.90 Å². The first-order valence-electron chi connectivity index (χ1n) is 6.31. The third-order valence-electron chi connectivity index (χ3n) is 3.80. The van der Waals surface area contributed by atoms with Crippen molar-refractivity contribution in [2.75, 3.05) is 25.6 Å². The van der Waals surface area contributed by atoms with Crippen LogP contribution in [0.3, 0.4) is 0 Å². The van der Waals surface area contributed by atoms with Crippen LogP contribution in [0.25, 0.3) is 0 Å². The zero-order chi connectivity index (χ0) is 12.3. The molecule has 2 rings (SSSR count). The minimum Gasteiger partial charge on any atom is -0.393 e. The van der Waals surface area contributed by atoms with E-state index in [0.717, 1.165) is 32.4 Å². The first-order chi connectivity index (χ1) is 8.15. The lowest BCUT2D eigenvalue weighted by Gasteiger charge is -2.45. The molecule has 98 valence electrons. The number of alkyl halides is 1. The Morgan fingerprint density at radius 3 is 2.76 bits per heavy atom. The highest BCUT2D eigenvalue weighted by Crippen LogP contribution is 2.35. The number of hydrogen-bond acceptors (Lipinski definition) is 3. The van der Waals surface area contributed by atoms with Crippen LogP contribution in [0.5, 0.6) is 0 Å². The van der Waals surface area contributed by atoms with Gasteiger partial charge in [-0.1, -0.05) is 0 Å². The summed E-state index contributed by atoms with van der Waals surface area (Å²) < 4.78 is 5.84. The number of likely N-dealkylation sites (tertiary alicyclic amines) is 1. The average molecular weight is 262 g/mol. The number of aliphatic hydroxyl groups excluding tert-OH is 1. The van der Waals surface area contributed by atoms with Crippen LogP contribution in [0, 0.1) is 0 Å². The Labute approximate surface area is 107 Å². The summed E-state index contributed by atoms with van der Waals surface area (Å²) in [5.74, 6) is 0.515. The third-order valence-corrected chi connectivity index (χ3v) is 3.99. The maximum atomic E-state index is 11.7. The summed E-state index contributed by atoms with van der Waals surface area (Å²) in [6, 6.07) is 0. The molecule has 2 aliphatic rings. The summed E-state index contributed by atoms with van der Waals surface area (Å²) in [7, 11) is 0. The van der Waals surface area contributed by atoms with Crippen LogP contribution in [0.15, 0.2) is 0 Å². The van der Waals surface area contributed by atoms with Crippen LogP contribution in [0.1, 0.15) is 32.1 Å². The number of carbonyl (C=O) groups is 1. The van der Waals surface area contributed by atoms with Crippen molar-refractivity contribution in [3.63, 3.8) is 0 Å². The van der Waals surface area contributed by atoms with Crippen LogP contribution in [-0.2, 0) is 9.53 Å². The fourth-order valence-electron chi connectivity index (χ4n) is 2.75. The van der Waals surface area contributed by atoms with E-state index in [-0.39, 0.29) is 17.6 Å². The average Bonchev–Trinajstić information content (AvgIpc) is 2.30. The van der Waals surface area contributed by atoms with Gasteiger partial charge in [0, 0.05) is 38.4 Å². The summed E-state index contributed by atoms with van der Waals surface area (Å²) in [6.07, 6.45) is 3.28. The van der Waals surface area contributed by atoms with Crippen LogP contribution >= 0.6 is 11.6 Å². The first-order valence-corrected chi connectivity index (χ1v) is 6.84. The molecule has 2 saturated heterocycles. The Bertz CT molecular complexity index is 277. The summed E-state index contributed by atoms with van der Waals surface area (Å²) in [5.41, 5.74) is -0.185. The zero-order valence-corrected chi connectivity index (χ0v) is 10.8. The fraction of sp³-hybridized carbons (Fsp3) is 0.917. The summed E-state index contributed by atoms with van der Waals surface area (Å²) in [5, 5.41) is 9.71. The molecule has 0 aliphatic carbocycles. The standard InChI is InChI=1S/C12H20ClNO3/c13-5-1-11(16)14-6-3-12(4-7-14)9-10(15)2-8-17-12/h10,15H,1-9H2. The van der Waals surface area contributed by atoms with E-state index >= 15 is 0 Å². The molecule has 0 bridgehead atoms. The van der Waals surface area contributed by atoms with Gasteiger partial charge in [0.25, 0.3) is 0 Å². The van der Waals surface area contributed by atoms with Gasteiger partial charge in [0.15, 0.2) is 0 Å². The molecule has 17 heavy (non-hydrogen) atoms. The van der Waals surface area contributed by atoms with E-state index in [4.69, 9.17) is 16.3 Å². The van der Waals surface area contributed by atoms with Gasteiger partial charge in [0.05, 0.1) is 11.7 Å². The van der Waals surface area contributed by atoms with Crippen molar-refractivity contribution in [1.82, 2.24) is 4.90 Å². The van der Waals surface area contributed by atoms with Gasteiger partial charge in [-0.15, -0.1) is 11.6 Å². The van der Waals surface area contributed by atoms with Crippen molar-refractivity contribution in [3.8, 4) is 0 Å². The predicted molar refractivity (Wildman–Crippen MR) is 65.1 cm³/mol. The Balaban J connectivity index is 1.86. The largest absolute Gasteiger partial charge is 0.393 e. The number of rotatable bonds is 2. The van der Waals surface area contributed by atoms with Crippen molar-refractivity contribution in [2.24, 2.45) is 0 Å². The second kappa shape index (κ2) is 5.55. The predicted octanol–water partition coefficient (Wildman–Crippen LogP) is 1.15. The molecule has 2 heterocycles. The van der Waals surface area contributed by atoms with Gasteiger partial charge in [-0.25, -0.2) is 0 Å². The van der Waals surface area contributed by atoms with E-state index in [0.29, 0.717) is 25.3 Å². The fourth-order valence-corrected chi connectivity index (χ4v) is 2.91. The highest BCUT2D eigenvalue weighted by Gasteiger charge is 2.40. The number of piperidine rings is 1. The Morgan fingerprint density at radius 1 is 1.47 bits per heavy atom. The normalized spacial score (nSPS) is 28.4. The lowest BCUT2D eigenvalue weighted by atomic mass is 9.83. The Morgan fingerprint density at radius 2 is 2.18 bits per heavy atom. The van der Waals surface area contributed by atoms with Crippen LogP contribution in [-0.4, -0.2) is 53.2 Å². The number of amides is 1. The topological polar surface area (TPSA) is 49.8 Å². The van der Waals surface area contributed by atoms with E-state index in [1.165, 1.54) is 0 Å². The third kappa shape index (κ3) is 3.12. The number of hydrogen-bond donors (Lipinski definition) is 1. The van der Waals surface area contributed by atoms with Gasteiger partial charge < -0.3 is 14.7 Å². The number of halogens is 1. The van der Waals surface area contributed by atoms with Gasteiger partial charge in [-0.2, -0.15) is 0 Å². The Hall–Kier alpha value is -0.320. The molecule has 0 saturated carbocycles. The molecule has 0 aromatic rings. The van der Waals surface area contributed by atoms with Gasteiger partial charge in [0.1, 0.15) is 0 Å². The summed E-state index contributed by atoms with van der Waals surface area (Å²) in [4.78, 5) is 13.5. The van der Waals surface area contributed by atoms with Crippen LogP contribution in [0.4, 0.5) is 0 Å². The lowest BCUT2D eigenvalue weighted by Crippen LogP contribution is -2.51. The Kier molecular flexibility index (Phi) is 4.28. The van der Waals surface area contributed by atoms with Gasteiger partial charge in [0.2, 0.25) is 5.91 Å². The molecule has 1 N–H and O–H groups in total. The van der Waals surface area contributed by atoms with Crippen LogP contribution < -0.4 is 0 Å². The van der Waals surface area contributed by atoms with E-state index < -0.39 is 0 Å². The first kappa shape index (κ1) is 13.1. The molecule has 0 aromatic carbocycles. The molecule has 1 amide bonds. The molecule has 5 heteroatoms. The van der Waals surface area contributed by atoms with Gasteiger partial charge >= 0.3 is 0 Å². The highest BCUT2D eigenvalue weighted by atomic mass is 35.5.